The van der Waals surface area contributed by atoms with Gasteiger partial charge < -0.3 is 14.6 Å². The molecule has 0 aliphatic carbocycles. The van der Waals surface area contributed by atoms with Crippen molar-refractivity contribution < 1.29 is 9.21 Å². The number of carbonyl (C=O) groups excluding carboxylic acids is 1. The van der Waals surface area contributed by atoms with E-state index in [2.05, 4.69) is 10.3 Å². The van der Waals surface area contributed by atoms with Crippen LogP contribution in [0.25, 0.3) is 10.9 Å². The molecular formula is C19H18ClN3O2. The number of benzene rings is 1. The highest BCUT2D eigenvalue weighted by atomic mass is 35.5. The number of rotatable bonds is 3. The number of nitrogens with zero attached hydrogens (tertiary/aromatic N) is 2. The molecule has 1 aromatic carbocycles. The Bertz CT molecular complexity index is 887. The zero-order valence-electron chi connectivity index (χ0n) is 13.6. The van der Waals surface area contributed by atoms with E-state index in [1.54, 1.807) is 12.3 Å². The van der Waals surface area contributed by atoms with Gasteiger partial charge in [-0.25, -0.2) is 0 Å². The number of piperidine rings is 1. The van der Waals surface area contributed by atoms with Crippen molar-refractivity contribution in [3.8, 4) is 0 Å². The molecule has 1 aliphatic rings. The lowest BCUT2D eigenvalue weighted by molar-refractivity contribution is 0.0718. The minimum absolute atomic E-state index is 0.0382. The van der Waals surface area contributed by atoms with Crippen LogP contribution in [0.5, 0.6) is 0 Å². The van der Waals surface area contributed by atoms with Crippen LogP contribution in [0.4, 0.5) is 5.69 Å². The number of carbonyl (C=O) groups is 1. The normalized spacial score (nSPS) is 15.5. The Kier molecular flexibility index (Phi) is 4.32. The number of fused-ring (bicyclic) bond motifs is 1. The van der Waals surface area contributed by atoms with Crippen LogP contribution in [-0.2, 0) is 0 Å². The van der Waals surface area contributed by atoms with Crippen molar-refractivity contribution in [1.82, 2.24) is 9.88 Å². The average molecular weight is 356 g/mol. The van der Waals surface area contributed by atoms with E-state index in [0.29, 0.717) is 16.6 Å². The highest BCUT2D eigenvalue weighted by Crippen LogP contribution is 2.26. The van der Waals surface area contributed by atoms with E-state index in [9.17, 15) is 4.79 Å². The largest absolute Gasteiger partial charge is 0.472 e. The Morgan fingerprint density at radius 2 is 2.08 bits per heavy atom. The molecule has 0 atom stereocenters. The summed E-state index contributed by atoms with van der Waals surface area (Å²) < 4.78 is 5.00. The monoisotopic (exact) mass is 355 g/mol. The molecule has 1 N–H and O–H groups in total. The summed E-state index contributed by atoms with van der Waals surface area (Å²) in [6, 6.07) is 9.76. The first-order chi connectivity index (χ1) is 12.2. The molecular weight excluding hydrogens is 338 g/mol. The van der Waals surface area contributed by atoms with E-state index in [-0.39, 0.29) is 5.91 Å². The molecule has 3 aromatic rings. The summed E-state index contributed by atoms with van der Waals surface area (Å²) in [6.07, 6.45) is 6.63. The maximum atomic E-state index is 12.4. The second-order valence-electron chi connectivity index (χ2n) is 6.24. The van der Waals surface area contributed by atoms with Crippen LogP contribution in [-0.4, -0.2) is 34.9 Å². The zero-order chi connectivity index (χ0) is 17.2. The van der Waals surface area contributed by atoms with Gasteiger partial charge in [0.2, 0.25) is 0 Å². The number of hydrogen-bond acceptors (Lipinski definition) is 4. The van der Waals surface area contributed by atoms with Crippen molar-refractivity contribution in [3.63, 3.8) is 0 Å². The molecule has 1 amide bonds. The number of amides is 1. The number of anilines is 1. The van der Waals surface area contributed by atoms with Gasteiger partial charge in [-0.15, -0.1) is 0 Å². The molecule has 5 nitrogen and oxygen atoms in total. The third-order valence-electron chi connectivity index (χ3n) is 4.61. The van der Waals surface area contributed by atoms with Crippen molar-refractivity contribution in [2.24, 2.45) is 0 Å². The summed E-state index contributed by atoms with van der Waals surface area (Å²) in [5.41, 5.74) is 2.55. The minimum atomic E-state index is 0.0382. The molecule has 1 fully saturated rings. The van der Waals surface area contributed by atoms with Crippen LogP contribution in [0, 0.1) is 0 Å². The Labute approximate surface area is 150 Å². The summed E-state index contributed by atoms with van der Waals surface area (Å²) in [7, 11) is 0. The number of aromatic nitrogens is 1. The average Bonchev–Trinajstić information content (AvgIpc) is 3.16. The SMILES string of the molecule is O=C(c1ccoc1)N1CCC(Nc2ccnc3cc(Cl)ccc23)CC1. The van der Waals surface area contributed by atoms with E-state index in [1.807, 2.05) is 29.2 Å². The van der Waals surface area contributed by atoms with Gasteiger partial charge in [-0.1, -0.05) is 11.6 Å². The molecule has 0 radical (unpaired) electrons. The van der Waals surface area contributed by atoms with E-state index in [0.717, 1.165) is 42.5 Å². The summed E-state index contributed by atoms with van der Waals surface area (Å²) >= 11 is 6.05. The maximum Gasteiger partial charge on any atom is 0.257 e. The van der Waals surface area contributed by atoms with Crippen molar-refractivity contribution in [2.75, 3.05) is 18.4 Å². The number of halogens is 1. The first kappa shape index (κ1) is 16.0. The van der Waals surface area contributed by atoms with Gasteiger partial charge in [-0.2, -0.15) is 0 Å². The number of furan rings is 1. The molecule has 0 bridgehead atoms. The standard InChI is InChI=1S/C19H18ClN3O2/c20-14-1-2-16-17(3-7-21-18(16)11-14)22-15-4-8-23(9-5-15)19(24)13-6-10-25-12-13/h1-3,6-7,10-12,15H,4-5,8-9H2,(H,21,22). The molecule has 128 valence electrons. The third-order valence-corrected chi connectivity index (χ3v) is 4.85. The van der Waals surface area contributed by atoms with Crippen molar-refractivity contribution in [3.05, 3.63) is 59.6 Å². The predicted molar refractivity (Wildman–Crippen MR) is 98.0 cm³/mol. The molecule has 0 unspecified atom stereocenters. The zero-order valence-corrected chi connectivity index (χ0v) is 14.4. The maximum absolute atomic E-state index is 12.4. The predicted octanol–water partition coefficient (Wildman–Crippen LogP) is 4.20. The molecule has 4 rings (SSSR count). The lowest BCUT2D eigenvalue weighted by atomic mass is 10.0. The second kappa shape index (κ2) is 6.76. The van der Waals surface area contributed by atoms with Gasteiger partial charge in [0.25, 0.3) is 5.91 Å². The lowest BCUT2D eigenvalue weighted by Gasteiger charge is -2.33. The Balaban J connectivity index is 1.43. The van der Waals surface area contributed by atoms with Crippen LogP contribution in [0.15, 0.2) is 53.5 Å². The smallest absolute Gasteiger partial charge is 0.257 e. The first-order valence-corrected chi connectivity index (χ1v) is 8.71. The third kappa shape index (κ3) is 3.33. The van der Waals surface area contributed by atoms with Gasteiger partial charge in [-0.3, -0.25) is 9.78 Å². The molecule has 6 heteroatoms. The molecule has 1 saturated heterocycles. The molecule has 25 heavy (non-hydrogen) atoms. The van der Waals surface area contributed by atoms with Gasteiger partial charge in [0.15, 0.2) is 0 Å². The van der Waals surface area contributed by atoms with E-state index < -0.39 is 0 Å². The van der Waals surface area contributed by atoms with Crippen LogP contribution >= 0.6 is 11.6 Å². The number of hydrogen-bond donors (Lipinski definition) is 1. The van der Waals surface area contributed by atoms with Gasteiger partial charge >= 0.3 is 0 Å². The first-order valence-electron chi connectivity index (χ1n) is 8.33. The lowest BCUT2D eigenvalue weighted by Crippen LogP contribution is -2.42. The van der Waals surface area contributed by atoms with Crippen LogP contribution in [0.1, 0.15) is 23.2 Å². The van der Waals surface area contributed by atoms with Crippen molar-refractivity contribution in [1.29, 1.82) is 0 Å². The summed E-state index contributed by atoms with van der Waals surface area (Å²) in [5.74, 6) is 0.0382. The Hall–Kier alpha value is -2.53. The van der Waals surface area contributed by atoms with E-state index in [1.165, 1.54) is 12.5 Å². The summed E-state index contributed by atoms with van der Waals surface area (Å²) in [4.78, 5) is 18.6. The van der Waals surface area contributed by atoms with Gasteiger partial charge in [0.05, 0.1) is 17.3 Å². The van der Waals surface area contributed by atoms with Crippen LogP contribution in [0.3, 0.4) is 0 Å². The van der Waals surface area contributed by atoms with E-state index >= 15 is 0 Å². The van der Waals surface area contributed by atoms with E-state index in [4.69, 9.17) is 16.0 Å². The topological polar surface area (TPSA) is 58.4 Å². The number of likely N-dealkylation sites (tertiary alicyclic amines) is 1. The van der Waals surface area contributed by atoms with Crippen LogP contribution < -0.4 is 5.32 Å². The summed E-state index contributed by atoms with van der Waals surface area (Å²) in [6.45, 7) is 1.47. The molecule has 3 heterocycles. The number of nitrogens with one attached hydrogen (secondary N) is 1. The minimum Gasteiger partial charge on any atom is -0.472 e. The van der Waals surface area contributed by atoms with Crippen molar-refractivity contribution in [2.45, 2.75) is 18.9 Å². The highest BCUT2D eigenvalue weighted by Gasteiger charge is 2.24. The van der Waals surface area contributed by atoms with Crippen molar-refractivity contribution >= 4 is 34.1 Å². The van der Waals surface area contributed by atoms with Crippen LogP contribution in [0.2, 0.25) is 5.02 Å². The molecule has 0 saturated carbocycles. The fourth-order valence-electron chi connectivity index (χ4n) is 3.26. The molecule has 2 aromatic heterocycles. The van der Waals surface area contributed by atoms with Gasteiger partial charge in [-0.05, 0) is 43.2 Å². The number of pyridine rings is 1. The highest BCUT2D eigenvalue weighted by molar-refractivity contribution is 6.31. The Morgan fingerprint density at radius 3 is 2.84 bits per heavy atom. The molecule has 0 spiro atoms. The fraction of sp³-hybridized carbons (Fsp3) is 0.263. The second-order valence-corrected chi connectivity index (χ2v) is 6.68. The van der Waals surface area contributed by atoms with Gasteiger partial charge in [0.1, 0.15) is 6.26 Å². The summed E-state index contributed by atoms with van der Waals surface area (Å²) in [5, 5.41) is 5.34. The quantitative estimate of drug-likeness (QED) is 0.765. The molecule has 1 aliphatic heterocycles. The Morgan fingerprint density at radius 1 is 1.24 bits per heavy atom. The van der Waals surface area contributed by atoms with Gasteiger partial charge in [0, 0.05) is 41.4 Å². The fourth-order valence-corrected chi connectivity index (χ4v) is 3.43.